The number of hydrogen-bond acceptors (Lipinski definition) is 4. The molecule has 1 aliphatic carbocycles. The summed E-state index contributed by atoms with van der Waals surface area (Å²) in [7, 11) is 0. The van der Waals surface area contributed by atoms with Crippen molar-refractivity contribution in [3.05, 3.63) is 52.4 Å². The number of nitrogens with one attached hydrogen (secondary N) is 2. The van der Waals surface area contributed by atoms with E-state index in [4.69, 9.17) is 5.10 Å². The summed E-state index contributed by atoms with van der Waals surface area (Å²) in [4.78, 5) is 15.2. The van der Waals surface area contributed by atoms with Crippen LogP contribution in [0.5, 0.6) is 0 Å². The fourth-order valence-electron chi connectivity index (χ4n) is 3.80. The monoisotopic (exact) mass is 352 g/mol. The Morgan fingerprint density at radius 3 is 2.85 bits per heavy atom. The number of aromatic nitrogens is 3. The summed E-state index contributed by atoms with van der Waals surface area (Å²) in [6.45, 7) is 1.73. The van der Waals surface area contributed by atoms with E-state index < -0.39 is 6.10 Å². The molecule has 6 heteroatoms. The molecule has 1 aromatic carbocycles. The number of hydrogen-bond donors (Lipinski definition) is 3. The van der Waals surface area contributed by atoms with Gasteiger partial charge in [-0.05, 0) is 43.5 Å². The number of nitrogens with zero attached hydrogens (tertiary/aromatic N) is 2. The predicted molar refractivity (Wildman–Crippen MR) is 103 cm³/mol. The van der Waals surface area contributed by atoms with Crippen molar-refractivity contribution in [2.75, 3.05) is 5.32 Å². The van der Waals surface area contributed by atoms with E-state index in [1.165, 1.54) is 19.3 Å². The molecule has 1 unspecified atom stereocenters. The Kier molecular flexibility index (Phi) is 4.51. The van der Waals surface area contributed by atoms with E-state index in [2.05, 4.69) is 10.3 Å². The molecule has 1 atom stereocenters. The maximum absolute atomic E-state index is 12.5. The standard InChI is InChI=1S/C20H24N4O2/c1-13(25)14-6-5-7-15(12-14)22-19-18-17(10-11-21-20(18)26)24(23-19)16-8-3-2-4-9-16/h5-7,10-13,16,25H,2-4,8-9H2,1H3,(H,21,26)(H,22,23). The minimum absolute atomic E-state index is 0.140. The zero-order chi connectivity index (χ0) is 18.1. The molecule has 0 spiro atoms. The van der Waals surface area contributed by atoms with E-state index in [0.717, 1.165) is 29.6 Å². The predicted octanol–water partition coefficient (Wildman–Crippen LogP) is 4.03. The quantitative estimate of drug-likeness (QED) is 0.662. The second-order valence-electron chi connectivity index (χ2n) is 7.08. The van der Waals surface area contributed by atoms with Gasteiger partial charge in [0.2, 0.25) is 0 Å². The highest BCUT2D eigenvalue weighted by molar-refractivity contribution is 5.91. The number of fused-ring (bicyclic) bond motifs is 1. The number of benzene rings is 1. The van der Waals surface area contributed by atoms with Gasteiger partial charge in [-0.25, -0.2) is 0 Å². The summed E-state index contributed by atoms with van der Waals surface area (Å²) in [5.41, 5.74) is 2.36. The lowest BCUT2D eigenvalue weighted by Gasteiger charge is -2.22. The molecule has 3 aromatic rings. The van der Waals surface area contributed by atoms with Crippen molar-refractivity contribution >= 4 is 22.4 Å². The molecule has 1 fully saturated rings. The number of rotatable bonds is 4. The second kappa shape index (κ2) is 6.96. The van der Waals surface area contributed by atoms with Gasteiger partial charge in [-0.2, -0.15) is 5.10 Å². The van der Waals surface area contributed by atoms with E-state index in [9.17, 15) is 9.90 Å². The van der Waals surface area contributed by atoms with E-state index in [-0.39, 0.29) is 5.56 Å². The molecule has 2 aromatic heterocycles. The highest BCUT2D eigenvalue weighted by Crippen LogP contribution is 2.33. The van der Waals surface area contributed by atoms with Crippen molar-refractivity contribution in [2.24, 2.45) is 0 Å². The normalized spacial score (nSPS) is 16.7. The Bertz CT molecular complexity index is 967. The number of H-pyrrole nitrogens is 1. The molecule has 0 aliphatic heterocycles. The Morgan fingerprint density at radius 1 is 1.27 bits per heavy atom. The number of aliphatic hydroxyl groups is 1. The summed E-state index contributed by atoms with van der Waals surface area (Å²) in [6, 6.07) is 9.82. The topological polar surface area (TPSA) is 82.9 Å². The summed E-state index contributed by atoms with van der Waals surface area (Å²) < 4.78 is 2.02. The van der Waals surface area contributed by atoms with Gasteiger partial charge in [-0.1, -0.05) is 31.4 Å². The molecule has 26 heavy (non-hydrogen) atoms. The van der Waals surface area contributed by atoms with Gasteiger partial charge in [0.15, 0.2) is 5.82 Å². The number of anilines is 2. The molecular weight excluding hydrogens is 328 g/mol. The molecule has 3 N–H and O–H groups in total. The van der Waals surface area contributed by atoms with Crippen LogP contribution in [0.25, 0.3) is 10.9 Å². The average Bonchev–Trinajstić information content (AvgIpc) is 3.02. The molecule has 4 rings (SSSR count). The van der Waals surface area contributed by atoms with Crippen molar-refractivity contribution in [1.82, 2.24) is 14.8 Å². The summed E-state index contributed by atoms with van der Waals surface area (Å²) >= 11 is 0. The zero-order valence-electron chi connectivity index (χ0n) is 14.9. The summed E-state index contributed by atoms with van der Waals surface area (Å²) in [5, 5.41) is 18.4. The van der Waals surface area contributed by atoms with Crippen LogP contribution in [0.15, 0.2) is 41.3 Å². The minimum Gasteiger partial charge on any atom is -0.389 e. The number of aromatic amines is 1. The van der Waals surface area contributed by atoms with Crippen molar-refractivity contribution < 1.29 is 5.11 Å². The lowest BCUT2D eigenvalue weighted by Crippen LogP contribution is -2.14. The van der Waals surface area contributed by atoms with Gasteiger partial charge in [0, 0.05) is 11.9 Å². The third-order valence-electron chi connectivity index (χ3n) is 5.18. The smallest absolute Gasteiger partial charge is 0.261 e. The molecule has 1 aliphatic rings. The van der Waals surface area contributed by atoms with Crippen LogP contribution in [0.2, 0.25) is 0 Å². The fourth-order valence-corrected chi connectivity index (χ4v) is 3.80. The van der Waals surface area contributed by atoms with Crippen LogP contribution in [0.1, 0.15) is 56.7 Å². The SMILES string of the molecule is CC(O)c1cccc(Nc2nn(C3CCCCC3)c3cc[nH]c(=O)c23)c1. The Balaban J connectivity index is 1.77. The van der Waals surface area contributed by atoms with Crippen molar-refractivity contribution in [2.45, 2.75) is 51.2 Å². The molecule has 0 radical (unpaired) electrons. The van der Waals surface area contributed by atoms with Gasteiger partial charge >= 0.3 is 0 Å². The first-order valence-electron chi connectivity index (χ1n) is 9.28. The maximum Gasteiger partial charge on any atom is 0.261 e. The van der Waals surface area contributed by atoms with Gasteiger partial charge in [0.25, 0.3) is 5.56 Å². The van der Waals surface area contributed by atoms with Gasteiger partial charge in [-0.3, -0.25) is 9.48 Å². The minimum atomic E-state index is -0.545. The molecule has 0 bridgehead atoms. The van der Waals surface area contributed by atoms with E-state index in [1.54, 1.807) is 13.1 Å². The zero-order valence-corrected chi connectivity index (χ0v) is 14.9. The van der Waals surface area contributed by atoms with Gasteiger partial charge in [-0.15, -0.1) is 0 Å². The van der Waals surface area contributed by atoms with Gasteiger partial charge in [0.05, 0.1) is 17.7 Å². The maximum atomic E-state index is 12.5. The fraction of sp³-hybridized carbons (Fsp3) is 0.400. The summed E-state index contributed by atoms with van der Waals surface area (Å²) in [5.74, 6) is 0.565. The number of pyridine rings is 1. The van der Waals surface area contributed by atoms with Crippen LogP contribution in [-0.2, 0) is 0 Å². The van der Waals surface area contributed by atoms with E-state index in [1.807, 2.05) is 35.0 Å². The molecular formula is C20H24N4O2. The first-order chi connectivity index (χ1) is 12.6. The Hall–Kier alpha value is -2.60. The molecule has 136 valence electrons. The first kappa shape index (κ1) is 16.8. The highest BCUT2D eigenvalue weighted by Gasteiger charge is 2.22. The van der Waals surface area contributed by atoms with Crippen molar-refractivity contribution in [3.8, 4) is 0 Å². The lowest BCUT2D eigenvalue weighted by atomic mass is 9.95. The van der Waals surface area contributed by atoms with Crippen molar-refractivity contribution in [3.63, 3.8) is 0 Å². The Labute approximate surface area is 151 Å². The second-order valence-corrected chi connectivity index (χ2v) is 7.08. The highest BCUT2D eigenvalue weighted by atomic mass is 16.3. The van der Waals surface area contributed by atoms with Gasteiger partial charge < -0.3 is 15.4 Å². The van der Waals surface area contributed by atoms with Crippen LogP contribution in [0.3, 0.4) is 0 Å². The van der Waals surface area contributed by atoms with E-state index in [0.29, 0.717) is 17.2 Å². The molecule has 1 saturated carbocycles. The van der Waals surface area contributed by atoms with Crippen LogP contribution in [0.4, 0.5) is 11.5 Å². The number of aliphatic hydroxyl groups excluding tert-OH is 1. The Morgan fingerprint density at radius 2 is 2.08 bits per heavy atom. The molecule has 2 heterocycles. The average molecular weight is 352 g/mol. The van der Waals surface area contributed by atoms with Crippen LogP contribution >= 0.6 is 0 Å². The third-order valence-corrected chi connectivity index (χ3v) is 5.18. The van der Waals surface area contributed by atoms with Crippen LogP contribution < -0.4 is 10.9 Å². The summed E-state index contributed by atoms with van der Waals surface area (Å²) in [6.07, 6.45) is 7.01. The van der Waals surface area contributed by atoms with Crippen molar-refractivity contribution in [1.29, 1.82) is 0 Å². The van der Waals surface area contributed by atoms with Crippen LogP contribution in [0, 0.1) is 0 Å². The third kappa shape index (κ3) is 3.12. The largest absolute Gasteiger partial charge is 0.389 e. The first-order valence-corrected chi connectivity index (χ1v) is 9.28. The van der Waals surface area contributed by atoms with Gasteiger partial charge in [0.1, 0.15) is 5.39 Å². The molecule has 0 amide bonds. The molecule has 6 nitrogen and oxygen atoms in total. The van der Waals surface area contributed by atoms with E-state index >= 15 is 0 Å². The lowest BCUT2D eigenvalue weighted by molar-refractivity contribution is 0.199. The molecule has 0 saturated heterocycles. The van der Waals surface area contributed by atoms with Crippen LogP contribution in [-0.4, -0.2) is 19.9 Å².